The Morgan fingerprint density at radius 3 is 2.91 bits per heavy atom. The van der Waals surface area contributed by atoms with Crippen molar-refractivity contribution < 1.29 is 13.9 Å². The molecule has 1 amide bonds. The molecule has 3 rings (SSSR count). The average molecular weight is 334 g/mol. The highest BCUT2D eigenvalue weighted by Gasteiger charge is 2.10. The molecule has 1 N–H and O–H groups in total. The average Bonchev–Trinajstić information content (AvgIpc) is 2.88. The third-order valence-electron chi connectivity index (χ3n) is 3.24. The lowest BCUT2D eigenvalue weighted by molar-refractivity contribution is -0.115. The van der Waals surface area contributed by atoms with Gasteiger partial charge in [-0.05, 0) is 30.3 Å². The Morgan fingerprint density at radius 2 is 2.17 bits per heavy atom. The molecule has 0 saturated heterocycles. The molecule has 0 saturated carbocycles. The van der Waals surface area contributed by atoms with E-state index in [1.807, 2.05) is 0 Å². The monoisotopic (exact) mass is 333 g/mol. The normalized spacial score (nSPS) is 10.7. The number of hydrogen-bond acceptors (Lipinski definition) is 3. The standard InChI is InChI=1S/C16H13ClFN3O2/c1-23-14-4-3-11(6-13(14)17)20-16(22)7-12-9-21-8-10(18)2-5-15(21)19-12/h2-6,8-9H,7H2,1H3,(H,20,22). The maximum Gasteiger partial charge on any atom is 0.230 e. The number of rotatable bonds is 4. The van der Waals surface area contributed by atoms with Crippen LogP contribution < -0.4 is 10.1 Å². The highest BCUT2D eigenvalue weighted by molar-refractivity contribution is 6.32. The third-order valence-corrected chi connectivity index (χ3v) is 3.54. The lowest BCUT2D eigenvalue weighted by Crippen LogP contribution is -2.14. The summed E-state index contributed by atoms with van der Waals surface area (Å²) >= 11 is 6.01. The molecule has 0 aliphatic heterocycles. The quantitative estimate of drug-likeness (QED) is 0.797. The first kappa shape index (κ1) is 15.3. The van der Waals surface area contributed by atoms with Crippen molar-refractivity contribution in [1.29, 1.82) is 0 Å². The van der Waals surface area contributed by atoms with E-state index in [0.29, 0.717) is 27.8 Å². The summed E-state index contributed by atoms with van der Waals surface area (Å²) in [4.78, 5) is 16.4. The van der Waals surface area contributed by atoms with Gasteiger partial charge in [-0.1, -0.05) is 11.6 Å². The van der Waals surface area contributed by atoms with Crippen LogP contribution in [0.3, 0.4) is 0 Å². The van der Waals surface area contributed by atoms with Crippen molar-refractivity contribution in [3.8, 4) is 5.75 Å². The second-order valence-corrected chi connectivity index (χ2v) is 5.33. The number of amides is 1. The number of nitrogens with zero attached hydrogens (tertiary/aromatic N) is 2. The number of hydrogen-bond donors (Lipinski definition) is 1. The number of carbonyl (C=O) groups is 1. The van der Waals surface area contributed by atoms with Gasteiger partial charge in [-0.2, -0.15) is 0 Å². The zero-order chi connectivity index (χ0) is 16.4. The van der Waals surface area contributed by atoms with Gasteiger partial charge in [0, 0.05) is 18.1 Å². The minimum absolute atomic E-state index is 0.0763. The van der Waals surface area contributed by atoms with Crippen LogP contribution in [0.25, 0.3) is 5.65 Å². The summed E-state index contributed by atoms with van der Waals surface area (Å²) in [5.41, 5.74) is 1.70. The number of pyridine rings is 1. The summed E-state index contributed by atoms with van der Waals surface area (Å²) in [7, 11) is 1.52. The second kappa shape index (κ2) is 6.26. The topological polar surface area (TPSA) is 55.6 Å². The van der Waals surface area contributed by atoms with Crippen LogP contribution in [0.4, 0.5) is 10.1 Å². The molecule has 2 aromatic heterocycles. The number of fused-ring (bicyclic) bond motifs is 1. The predicted molar refractivity (Wildman–Crippen MR) is 85.5 cm³/mol. The molecular weight excluding hydrogens is 321 g/mol. The Hall–Kier alpha value is -2.60. The number of nitrogens with one attached hydrogen (secondary N) is 1. The second-order valence-electron chi connectivity index (χ2n) is 4.92. The summed E-state index contributed by atoms with van der Waals surface area (Å²) in [6.45, 7) is 0. The minimum atomic E-state index is -0.362. The molecule has 5 nitrogen and oxygen atoms in total. The molecule has 0 atom stereocenters. The van der Waals surface area contributed by atoms with Gasteiger partial charge in [-0.25, -0.2) is 9.37 Å². The number of halogens is 2. The first-order chi connectivity index (χ1) is 11.0. The number of benzene rings is 1. The van der Waals surface area contributed by atoms with Crippen molar-refractivity contribution in [2.45, 2.75) is 6.42 Å². The number of aromatic nitrogens is 2. The van der Waals surface area contributed by atoms with Gasteiger partial charge >= 0.3 is 0 Å². The Labute approximate surface area is 136 Å². The maximum atomic E-state index is 13.1. The van der Waals surface area contributed by atoms with Gasteiger partial charge in [0.1, 0.15) is 17.2 Å². The van der Waals surface area contributed by atoms with E-state index >= 15 is 0 Å². The lowest BCUT2D eigenvalue weighted by Gasteiger charge is -2.07. The molecular formula is C16H13ClFN3O2. The summed E-state index contributed by atoms with van der Waals surface area (Å²) in [6, 6.07) is 7.86. The molecule has 0 bridgehead atoms. The number of imidazole rings is 1. The molecule has 1 aromatic carbocycles. The van der Waals surface area contributed by atoms with Crippen molar-refractivity contribution in [2.75, 3.05) is 12.4 Å². The van der Waals surface area contributed by atoms with Gasteiger partial charge in [0.25, 0.3) is 0 Å². The highest BCUT2D eigenvalue weighted by atomic mass is 35.5. The van der Waals surface area contributed by atoms with Crippen molar-refractivity contribution in [3.63, 3.8) is 0 Å². The Bertz CT molecular complexity index is 879. The van der Waals surface area contributed by atoms with Crippen LogP contribution in [0.1, 0.15) is 5.69 Å². The molecule has 2 heterocycles. The zero-order valence-electron chi connectivity index (χ0n) is 12.2. The van der Waals surface area contributed by atoms with Crippen LogP contribution in [0, 0.1) is 5.82 Å². The van der Waals surface area contributed by atoms with Crippen LogP contribution in [-0.4, -0.2) is 22.4 Å². The van der Waals surface area contributed by atoms with Crippen LogP contribution in [0.2, 0.25) is 5.02 Å². The maximum absolute atomic E-state index is 13.1. The first-order valence-electron chi connectivity index (χ1n) is 6.81. The summed E-state index contributed by atoms with van der Waals surface area (Å²) in [5.74, 6) is -0.0686. The molecule has 23 heavy (non-hydrogen) atoms. The molecule has 0 radical (unpaired) electrons. The van der Waals surface area contributed by atoms with E-state index in [0.717, 1.165) is 0 Å². The Kier molecular flexibility index (Phi) is 4.16. The molecule has 7 heteroatoms. The smallest absolute Gasteiger partial charge is 0.230 e. The van der Waals surface area contributed by atoms with Crippen molar-refractivity contribution >= 4 is 28.8 Å². The van der Waals surface area contributed by atoms with Gasteiger partial charge in [0.05, 0.1) is 24.2 Å². The predicted octanol–water partition coefficient (Wildman–Crippen LogP) is 3.32. The molecule has 0 aliphatic carbocycles. The van der Waals surface area contributed by atoms with E-state index < -0.39 is 0 Å². The SMILES string of the molecule is COc1ccc(NC(=O)Cc2cn3cc(F)ccc3n2)cc1Cl. The van der Waals surface area contributed by atoms with Crippen molar-refractivity contribution in [1.82, 2.24) is 9.38 Å². The fourth-order valence-corrected chi connectivity index (χ4v) is 2.47. The summed E-state index contributed by atoms with van der Waals surface area (Å²) in [5, 5.41) is 3.15. The van der Waals surface area contributed by atoms with Gasteiger partial charge in [0.15, 0.2) is 0 Å². The van der Waals surface area contributed by atoms with E-state index in [-0.39, 0.29) is 18.1 Å². The van der Waals surface area contributed by atoms with Crippen LogP contribution in [0.15, 0.2) is 42.7 Å². The molecule has 3 aromatic rings. The molecule has 0 aliphatic rings. The van der Waals surface area contributed by atoms with Gasteiger partial charge in [0.2, 0.25) is 5.91 Å². The molecule has 0 spiro atoms. The van der Waals surface area contributed by atoms with Crippen LogP contribution in [0.5, 0.6) is 5.75 Å². The van der Waals surface area contributed by atoms with Crippen LogP contribution >= 0.6 is 11.6 Å². The Morgan fingerprint density at radius 1 is 1.35 bits per heavy atom. The fraction of sp³-hybridized carbons (Fsp3) is 0.125. The van der Waals surface area contributed by atoms with Gasteiger partial charge in [-0.3, -0.25) is 4.79 Å². The van der Waals surface area contributed by atoms with Crippen molar-refractivity contribution in [2.24, 2.45) is 0 Å². The number of anilines is 1. The van der Waals surface area contributed by atoms with Gasteiger partial charge in [-0.15, -0.1) is 0 Å². The summed E-state index contributed by atoms with van der Waals surface area (Å²) < 4.78 is 19.7. The number of carbonyl (C=O) groups excluding carboxylic acids is 1. The highest BCUT2D eigenvalue weighted by Crippen LogP contribution is 2.27. The van der Waals surface area contributed by atoms with Crippen molar-refractivity contribution in [3.05, 3.63) is 59.3 Å². The summed E-state index contributed by atoms with van der Waals surface area (Å²) in [6.07, 6.45) is 3.01. The van der Waals surface area contributed by atoms with E-state index in [9.17, 15) is 9.18 Å². The van der Waals surface area contributed by atoms with E-state index in [1.54, 1.807) is 34.9 Å². The first-order valence-corrected chi connectivity index (χ1v) is 7.19. The fourth-order valence-electron chi connectivity index (χ4n) is 2.22. The lowest BCUT2D eigenvalue weighted by atomic mass is 10.2. The largest absolute Gasteiger partial charge is 0.495 e. The third kappa shape index (κ3) is 3.43. The number of ether oxygens (including phenoxy) is 1. The number of methoxy groups -OCH3 is 1. The zero-order valence-corrected chi connectivity index (χ0v) is 13.0. The minimum Gasteiger partial charge on any atom is -0.495 e. The Balaban J connectivity index is 1.71. The molecule has 0 unspecified atom stereocenters. The van der Waals surface area contributed by atoms with Crippen LogP contribution in [-0.2, 0) is 11.2 Å². The van der Waals surface area contributed by atoms with E-state index in [4.69, 9.17) is 16.3 Å². The van der Waals surface area contributed by atoms with E-state index in [2.05, 4.69) is 10.3 Å². The van der Waals surface area contributed by atoms with Gasteiger partial charge < -0.3 is 14.5 Å². The molecule has 0 fully saturated rings. The molecule has 118 valence electrons. The van der Waals surface area contributed by atoms with E-state index in [1.165, 1.54) is 19.4 Å².